The first kappa shape index (κ1) is 21.7. The second-order valence-corrected chi connectivity index (χ2v) is 8.10. The van der Waals surface area contributed by atoms with Gasteiger partial charge in [-0.25, -0.2) is 0 Å². The first-order valence-corrected chi connectivity index (χ1v) is 10.5. The van der Waals surface area contributed by atoms with Crippen molar-refractivity contribution in [2.24, 2.45) is 0 Å². The van der Waals surface area contributed by atoms with E-state index in [4.69, 9.17) is 4.74 Å². The van der Waals surface area contributed by atoms with Gasteiger partial charge in [-0.3, -0.25) is 9.59 Å². The van der Waals surface area contributed by atoms with Gasteiger partial charge in [0.05, 0.1) is 18.2 Å². The van der Waals surface area contributed by atoms with Crippen molar-refractivity contribution in [3.05, 3.63) is 62.7 Å². The fourth-order valence-electron chi connectivity index (χ4n) is 4.02. The third-order valence-electron chi connectivity index (χ3n) is 5.44. The number of carbonyl (C=O) groups is 1. The standard InChI is InChI=1S/C24H31N3O3/c1-7-8-17-9-16(5)26-24(29)20(17)12-25-23(28)19-10-18(30-6)11-21-22(19)15(4)13-27(21)14(2)3/h9-11,13-14H,7-8,12H2,1-6H3,(H,25,28)(H,26,29). The van der Waals surface area contributed by atoms with Gasteiger partial charge in [-0.2, -0.15) is 0 Å². The van der Waals surface area contributed by atoms with Crippen LogP contribution >= 0.6 is 0 Å². The number of ether oxygens (including phenoxy) is 1. The van der Waals surface area contributed by atoms with Crippen LogP contribution in [0.3, 0.4) is 0 Å². The van der Waals surface area contributed by atoms with Crippen molar-refractivity contribution in [1.82, 2.24) is 14.9 Å². The van der Waals surface area contributed by atoms with Crippen molar-refractivity contribution in [2.45, 2.75) is 60.0 Å². The molecule has 0 saturated heterocycles. The molecule has 0 radical (unpaired) electrons. The summed E-state index contributed by atoms with van der Waals surface area (Å²) in [5, 5.41) is 3.87. The molecule has 1 amide bonds. The van der Waals surface area contributed by atoms with Gasteiger partial charge in [0, 0.05) is 41.5 Å². The maximum absolute atomic E-state index is 13.2. The van der Waals surface area contributed by atoms with Crippen molar-refractivity contribution in [3.63, 3.8) is 0 Å². The minimum atomic E-state index is -0.217. The van der Waals surface area contributed by atoms with Crippen molar-refractivity contribution in [3.8, 4) is 5.75 Å². The molecule has 0 aliphatic carbocycles. The number of H-pyrrole nitrogens is 1. The van der Waals surface area contributed by atoms with Gasteiger partial charge in [0.25, 0.3) is 11.5 Å². The molecule has 3 rings (SSSR count). The third-order valence-corrected chi connectivity index (χ3v) is 5.44. The average Bonchev–Trinajstić information content (AvgIpc) is 3.03. The molecule has 0 aliphatic heterocycles. The molecule has 0 bridgehead atoms. The van der Waals surface area contributed by atoms with Gasteiger partial charge in [0.1, 0.15) is 5.75 Å². The van der Waals surface area contributed by atoms with E-state index in [-0.39, 0.29) is 24.1 Å². The zero-order valence-electron chi connectivity index (χ0n) is 18.7. The second-order valence-electron chi connectivity index (χ2n) is 8.10. The number of aromatic nitrogens is 2. The molecule has 3 aromatic rings. The molecule has 0 atom stereocenters. The number of pyridine rings is 1. The largest absolute Gasteiger partial charge is 0.497 e. The van der Waals surface area contributed by atoms with Crippen molar-refractivity contribution in [1.29, 1.82) is 0 Å². The van der Waals surface area contributed by atoms with Crippen LogP contribution in [0, 0.1) is 13.8 Å². The smallest absolute Gasteiger partial charge is 0.253 e. The topological polar surface area (TPSA) is 76.1 Å². The lowest BCUT2D eigenvalue weighted by molar-refractivity contribution is 0.0952. The average molecular weight is 410 g/mol. The van der Waals surface area contributed by atoms with Crippen molar-refractivity contribution < 1.29 is 9.53 Å². The quantitative estimate of drug-likeness (QED) is 0.607. The lowest BCUT2D eigenvalue weighted by Crippen LogP contribution is -2.28. The van der Waals surface area contributed by atoms with Crippen LogP contribution in [0.1, 0.15) is 66.0 Å². The van der Waals surface area contributed by atoms with E-state index in [0.29, 0.717) is 16.9 Å². The van der Waals surface area contributed by atoms with Crippen LogP contribution in [0.25, 0.3) is 10.9 Å². The summed E-state index contributed by atoms with van der Waals surface area (Å²) in [6, 6.07) is 5.97. The normalized spacial score (nSPS) is 11.3. The minimum absolute atomic E-state index is 0.142. The highest BCUT2D eigenvalue weighted by atomic mass is 16.5. The van der Waals surface area contributed by atoms with Crippen LogP contribution in [-0.4, -0.2) is 22.6 Å². The Morgan fingerprint density at radius 2 is 1.97 bits per heavy atom. The van der Waals surface area contributed by atoms with Crippen LogP contribution < -0.4 is 15.6 Å². The van der Waals surface area contributed by atoms with Gasteiger partial charge in [-0.05, 0) is 57.4 Å². The monoisotopic (exact) mass is 409 g/mol. The van der Waals surface area contributed by atoms with Crippen molar-refractivity contribution in [2.75, 3.05) is 7.11 Å². The van der Waals surface area contributed by atoms with E-state index < -0.39 is 0 Å². The van der Waals surface area contributed by atoms with Crippen LogP contribution in [0.4, 0.5) is 0 Å². The zero-order valence-corrected chi connectivity index (χ0v) is 18.7. The van der Waals surface area contributed by atoms with E-state index in [1.54, 1.807) is 13.2 Å². The number of nitrogens with one attached hydrogen (secondary N) is 2. The molecule has 2 N–H and O–H groups in total. The maximum atomic E-state index is 13.2. The molecule has 2 heterocycles. The SMILES string of the molecule is CCCc1cc(C)[nH]c(=O)c1CNC(=O)c1cc(OC)cc2c1c(C)cn2C(C)C. The highest BCUT2D eigenvalue weighted by Crippen LogP contribution is 2.31. The van der Waals surface area contributed by atoms with E-state index in [1.165, 1.54) is 0 Å². The molecule has 160 valence electrons. The molecule has 0 saturated carbocycles. The highest BCUT2D eigenvalue weighted by Gasteiger charge is 2.19. The molecule has 0 aliphatic rings. The molecule has 0 fully saturated rings. The Morgan fingerprint density at radius 3 is 2.60 bits per heavy atom. The minimum Gasteiger partial charge on any atom is -0.497 e. The highest BCUT2D eigenvalue weighted by molar-refractivity contribution is 6.08. The van der Waals surface area contributed by atoms with Gasteiger partial charge in [0.2, 0.25) is 0 Å². The second kappa shape index (κ2) is 8.78. The number of rotatable bonds is 7. The summed E-state index contributed by atoms with van der Waals surface area (Å²) in [5.41, 5.74) is 4.85. The number of fused-ring (bicyclic) bond motifs is 1. The predicted molar refractivity (Wildman–Crippen MR) is 121 cm³/mol. The van der Waals surface area contributed by atoms with Gasteiger partial charge >= 0.3 is 0 Å². The molecule has 6 heteroatoms. The van der Waals surface area contributed by atoms with E-state index >= 15 is 0 Å². The summed E-state index contributed by atoms with van der Waals surface area (Å²) in [6.07, 6.45) is 3.80. The van der Waals surface area contributed by atoms with E-state index in [1.807, 2.05) is 26.0 Å². The number of benzene rings is 1. The summed E-state index contributed by atoms with van der Waals surface area (Å²) in [7, 11) is 1.60. The Balaban J connectivity index is 2.00. The predicted octanol–water partition coefficient (Wildman–Crippen LogP) is 4.42. The van der Waals surface area contributed by atoms with Crippen molar-refractivity contribution >= 4 is 16.8 Å². The summed E-state index contributed by atoms with van der Waals surface area (Å²) in [6.45, 7) is 10.4. The van der Waals surface area contributed by atoms with Gasteiger partial charge in [-0.15, -0.1) is 0 Å². The van der Waals surface area contributed by atoms with Crippen LogP contribution in [0.15, 0.2) is 29.2 Å². The summed E-state index contributed by atoms with van der Waals surface area (Å²) >= 11 is 0. The number of nitrogens with zero attached hydrogens (tertiary/aromatic N) is 1. The number of aryl methyl sites for hydroxylation is 3. The van der Waals surface area contributed by atoms with Crippen LogP contribution in [0.5, 0.6) is 5.75 Å². The number of methoxy groups -OCH3 is 1. The molecule has 1 aromatic carbocycles. The van der Waals surface area contributed by atoms with Crippen LogP contribution in [0.2, 0.25) is 0 Å². The van der Waals surface area contributed by atoms with Gasteiger partial charge in [0.15, 0.2) is 0 Å². The lowest BCUT2D eigenvalue weighted by atomic mass is 10.0. The van der Waals surface area contributed by atoms with Crippen LogP contribution in [-0.2, 0) is 13.0 Å². The number of hydrogen-bond donors (Lipinski definition) is 2. The Hall–Kier alpha value is -3.02. The number of hydrogen-bond acceptors (Lipinski definition) is 3. The molecule has 30 heavy (non-hydrogen) atoms. The Kier molecular flexibility index (Phi) is 6.34. The first-order chi connectivity index (χ1) is 14.3. The summed E-state index contributed by atoms with van der Waals surface area (Å²) in [5.74, 6) is 0.415. The molecule has 0 spiro atoms. The van der Waals surface area contributed by atoms with E-state index in [9.17, 15) is 9.59 Å². The third kappa shape index (κ3) is 4.13. The fourth-order valence-corrected chi connectivity index (χ4v) is 4.02. The molecule has 6 nitrogen and oxygen atoms in total. The molecular formula is C24H31N3O3. The first-order valence-electron chi connectivity index (χ1n) is 10.5. The van der Waals surface area contributed by atoms with E-state index in [2.05, 4.69) is 41.8 Å². The lowest BCUT2D eigenvalue weighted by Gasteiger charge is -2.14. The maximum Gasteiger partial charge on any atom is 0.253 e. The Bertz CT molecular complexity index is 1140. The number of aromatic amines is 1. The van der Waals surface area contributed by atoms with E-state index in [0.717, 1.165) is 40.6 Å². The number of amides is 1. The molecule has 2 aromatic heterocycles. The summed E-state index contributed by atoms with van der Waals surface area (Å²) < 4.78 is 7.60. The Morgan fingerprint density at radius 1 is 1.23 bits per heavy atom. The zero-order chi connectivity index (χ0) is 22.0. The van der Waals surface area contributed by atoms with Gasteiger partial charge < -0.3 is 19.6 Å². The summed E-state index contributed by atoms with van der Waals surface area (Å²) in [4.78, 5) is 28.5. The van der Waals surface area contributed by atoms with Gasteiger partial charge in [-0.1, -0.05) is 13.3 Å². The Labute approximate surface area is 177 Å². The molecule has 0 unspecified atom stereocenters. The fraction of sp³-hybridized carbons (Fsp3) is 0.417. The number of carbonyl (C=O) groups excluding carboxylic acids is 1. The molecular weight excluding hydrogens is 378 g/mol.